The van der Waals surface area contributed by atoms with E-state index in [2.05, 4.69) is 82.2 Å². The van der Waals surface area contributed by atoms with Crippen LogP contribution < -0.4 is 9.64 Å². The van der Waals surface area contributed by atoms with Gasteiger partial charge in [-0.25, -0.2) is 4.98 Å². The Morgan fingerprint density at radius 1 is 0.581 bits per heavy atom. The van der Waals surface area contributed by atoms with Gasteiger partial charge in [0, 0.05) is 17.0 Å². The van der Waals surface area contributed by atoms with E-state index in [1.807, 2.05) is 30.3 Å². The second-order valence-electron chi connectivity index (χ2n) is 7.73. The highest BCUT2D eigenvalue weighted by Crippen LogP contribution is 2.51. The van der Waals surface area contributed by atoms with Crippen LogP contribution in [0.4, 0.5) is 17.1 Å². The molecule has 4 aromatic carbocycles. The average molecular weight is 399 g/mol. The van der Waals surface area contributed by atoms with Gasteiger partial charge >= 0.3 is 0 Å². The number of ether oxygens (including phenoxy) is 1. The summed E-state index contributed by atoms with van der Waals surface area (Å²) < 4.78 is 8.43. The highest BCUT2D eigenvalue weighted by atomic mass is 16.5. The number of hydrogen-bond donors (Lipinski definition) is 0. The number of aromatic nitrogens is 2. The Bertz CT molecular complexity index is 1590. The Morgan fingerprint density at radius 2 is 1.19 bits per heavy atom. The molecule has 146 valence electrons. The maximum Gasteiger partial charge on any atom is 0.151 e. The summed E-state index contributed by atoms with van der Waals surface area (Å²) in [7, 11) is 0. The molecule has 31 heavy (non-hydrogen) atoms. The first-order valence-corrected chi connectivity index (χ1v) is 10.3. The topological polar surface area (TPSA) is 29.8 Å². The molecule has 0 unspecified atom stereocenters. The number of anilines is 3. The number of benzene rings is 4. The van der Waals surface area contributed by atoms with Crippen molar-refractivity contribution in [3.8, 4) is 11.5 Å². The second-order valence-corrected chi connectivity index (χ2v) is 7.73. The van der Waals surface area contributed by atoms with E-state index in [0.29, 0.717) is 0 Å². The van der Waals surface area contributed by atoms with Crippen LogP contribution in [0.25, 0.3) is 27.5 Å². The SMILES string of the molecule is c1ccc2c(c1)Oc1ccccc1N2c1cn2c3ccccc3nc2c2ccccc12. The van der Waals surface area contributed by atoms with Crippen molar-refractivity contribution >= 4 is 44.5 Å². The molecule has 0 atom stereocenters. The number of para-hydroxylation sites is 6. The molecule has 0 saturated carbocycles. The number of fused-ring (bicyclic) bond motifs is 7. The Hall–Kier alpha value is -4.31. The van der Waals surface area contributed by atoms with E-state index in [0.717, 1.165) is 56.0 Å². The molecule has 4 nitrogen and oxygen atoms in total. The van der Waals surface area contributed by atoms with Crippen LogP contribution in [-0.4, -0.2) is 9.38 Å². The molecular formula is C27H17N3O. The molecule has 1 aliphatic rings. The third-order valence-corrected chi connectivity index (χ3v) is 5.96. The molecule has 0 bridgehead atoms. The minimum absolute atomic E-state index is 0.848. The lowest BCUT2D eigenvalue weighted by Gasteiger charge is -2.33. The van der Waals surface area contributed by atoms with E-state index in [1.165, 1.54) is 0 Å². The van der Waals surface area contributed by atoms with Crippen LogP contribution in [0, 0.1) is 0 Å². The van der Waals surface area contributed by atoms with Gasteiger partial charge in [-0.2, -0.15) is 0 Å². The summed E-state index contributed by atoms with van der Waals surface area (Å²) in [5.74, 6) is 1.70. The van der Waals surface area contributed by atoms with Crippen LogP contribution >= 0.6 is 0 Å². The zero-order valence-electron chi connectivity index (χ0n) is 16.6. The van der Waals surface area contributed by atoms with Gasteiger partial charge in [0.15, 0.2) is 11.5 Å². The fourth-order valence-electron chi connectivity index (χ4n) is 4.60. The Morgan fingerprint density at radius 3 is 1.97 bits per heavy atom. The van der Waals surface area contributed by atoms with Crippen molar-refractivity contribution in [2.75, 3.05) is 4.90 Å². The predicted octanol–water partition coefficient (Wildman–Crippen LogP) is 7.22. The van der Waals surface area contributed by atoms with Gasteiger partial charge < -0.3 is 9.64 Å². The number of nitrogens with zero attached hydrogens (tertiary/aromatic N) is 3. The van der Waals surface area contributed by atoms with Crippen molar-refractivity contribution in [3.63, 3.8) is 0 Å². The first-order chi connectivity index (χ1) is 15.4. The summed E-state index contributed by atoms with van der Waals surface area (Å²) in [5, 5.41) is 2.27. The van der Waals surface area contributed by atoms with Crippen molar-refractivity contribution in [3.05, 3.63) is 103 Å². The Labute approximate surface area is 178 Å². The molecular weight excluding hydrogens is 382 g/mol. The van der Waals surface area contributed by atoms with Crippen molar-refractivity contribution in [2.24, 2.45) is 0 Å². The van der Waals surface area contributed by atoms with E-state index in [4.69, 9.17) is 9.72 Å². The smallest absolute Gasteiger partial charge is 0.151 e. The van der Waals surface area contributed by atoms with E-state index in [-0.39, 0.29) is 0 Å². The van der Waals surface area contributed by atoms with E-state index in [9.17, 15) is 0 Å². The molecule has 7 rings (SSSR count). The van der Waals surface area contributed by atoms with Crippen molar-refractivity contribution < 1.29 is 4.74 Å². The molecule has 3 heterocycles. The molecule has 0 N–H and O–H groups in total. The molecule has 0 amide bonds. The summed E-state index contributed by atoms with van der Waals surface area (Å²) in [6.07, 6.45) is 2.20. The monoisotopic (exact) mass is 399 g/mol. The summed E-state index contributed by atoms with van der Waals surface area (Å²) in [5.41, 5.74) is 6.20. The minimum Gasteiger partial charge on any atom is -0.453 e. The fraction of sp³-hybridized carbons (Fsp3) is 0. The van der Waals surface area contributed by atoms with Gasteiger partial charge in [0.1, 0.15) is 5.65 Å². The zero-order chi connectivity index (χ0) is 20.4. The third-order valence-electron chi connectivity index (χ3n) is 5.96. The number of rotatable bonds is 1. The van der Waals surface area contributed by atoms with E-state index >= 15 is 0 Å². The fourth-order valence-corrected chi connectivity index (χ4v) is 4.60. The van der Waals surface area contributed by atoms with Crippen LogP contribution in [0.1, 0.15) is 0 Å². The summed E-state index contributed by atoms with van der Waals surface area (Å²) in [4.78, 5) is 7.23. The predicted molar refractivity (Wildman–Crippen MR) is 125 cm³/mol. The van der Waals surface area contributed by atoms with Gasteiger partial charge in [0.2, 0.25) is 0 Å². The molecule has 0 radical (unpaired) electrons. The van der Waals surface area contributed by atoms with Crippen LogP contribution in [0.5, 0.6) is 11.5 Å². The molecule has 2 aromatic heterocycles. The van der Waals surface area contributed by atoms with E-state index in [1.54, 1.807) is 0 Å². The number of imidazole rings is 1. The largest absolute Gasteiger partial charge is 0.453 e. The van der Waals surface area contributed by atoms with Gasteiger partial charge in [-0.15, -0.1) is 0 Å². The molecule has 6 aromatic rings. The minimum atomic E-state index is 0.848. The lowest BCUT2D eigenvalue weighted by molar-refractivity contribution is 0.477. The zero-order valence-corrected chi connectivity index (χ0v) is 16.6. The highest BCUT2D eigenvalue weighted by molar-refractivity contribution is 6.07. The van der Waals surface area contributed by atoms with Gasteiger partial charge in [0.25, 0.3) is 0 Å². The maximum absolute atomic E-state index is 6.22. The van der Waals surface area contributed by atoms with Crippen molar-refractivity contribution in [1.29, 1.82) is 0 Å². The summed E-state index contributed by atoms with van der Waals surface area (Å²) in [6, 6.07) is 33.1. The normalized spacial score (nSPS) is 12.7. The molecule has 0 spiro atoms. The molecule has 0 fully saturated rings. The molecule has 4 heteroatoms. The molecule has 1 aliphatic heterocycles. The Kier molecular flexibility index (Phi) is 3.24. The van der Waals surface area contributed by atoms with Gasteiger partial charge in [-0.05, 0) is 36.4 Å². The number of pyridine rings is 1. The quantitative estimate of drug-likeness (QED) is 0.292. The average Bonchev–Trinajstić information content (AvgIpc) is 3.21. The van der Waals surface area contributed by atoms with Crippen LogP contribution in [0.15, 0.2) is 103 Å². The summed E-state index contributed by atoms with van der Waals surface area (Å²) >= 11 is 0. The number of hydrogen-bond acceptors (Lipinski definition) is 3. The van der Waals surface area contributed by atoms with E-state index < -0.39 is 0 Å². The van der Waals surface area contributed by atoms with Crippen LogP contribution in [0.3, 0.4) is 0 Å². The van der Waals surface area contributed by atoms with Crippen LogP contribution in [-0.2, 0) is 0 Å². The molecule has 0 saturated heterocycles. The standard InChI is InChI=1S/C27H17N3O/c1-2-10-19-18(9-1)24(17-29-21-12-4-3-11-20(21)28-27(19)29)30-22-13-5-7-15-25(22)31-26-16-8-6-14-23(26)30/h1-17H. The van der Waals surface area contributed by atoms with Gasteiger partial charge in [-0.1, -0.05) is 60.7 Å². The van der Waals surface area contributed by atoms with Gasteiger partial charge in [-0.3, -0.25) is 4.40 Å². The highest BCUT2D eigenvalue weighted by Gasteiger charge is 2.27. The lowest BCUT2D eigenvalue weighted by Crippen LogP contribution is -2.16. The van der Waals surface area contributed by atoms with Crippen molar-refractivity contribution in [2.45, 2.75) is 0 Å². The maximum atomic E-state index is 6.22. The first-order valence-electron chi connectivity index (χ1n) is 10.3. The summed E-state index contributed by atoms with van der Waals surface area (Å²) in [6.45, 7) is 0. The van der Waals surface area contributed by atoms with Gasteiger partial charge in [0.05, 0.1) is 28.1 Å². The Balaban J connectivity index is 1.64. The molecule has 0 aliphatic carbocycles. The first kappa shape index (κ1) is 16.5. The second kappa shape index (κ2) is 6.09. The van der Waals surface area contributed by atoms with Crippen molar-refractivity contribution in [1.82, 2.24) is 9.38 Å². The third kappa shape index (κ3) is 2.27. The lowest BCUT2D eigenvalue weighted by atomic mass is 10.1. The van der Waals surface area contributed by atoms with Crippen LogP contribution in [0.2, 0.25) is 0 Å².